The highest BCUT2D eigenvalue weighted by Crippen LogP contribution is 2.19. The molecule has 0 bridgehead atoms. The van der Waals surface area contributed by atoms with E-state index in [2.05, 4.69) is 5.32 Å². The summed E-state index contributed by atoms with van der Waals surface area (Å²) in [5.41, 5.74) is 6.21. The maximum absolute atomic E-state index is 13.1. The predicted molar refractivity (Wildman–Crippen MR) is 74.6 cm³/mol. The summed E-state index contributed by atoms with van der Waals surface area (Å²) in [6.07, 6.45) is 0. The fraction of sp³-hybridized carbons (Fsp3) is 0. The Bertz CT molecular complexity index is 596. The highest BCUT2D eigenvalue weighted by atomic mass is 32.1. The van der Waals surface area contributed by atoms with Gasteiger partial charge >= 0.3 is 0 Å². The second kappa shape index (κ2) is 5.24. The van der Waals surface area contributed by atoms with Crippen molar-refractivity contribution in [3.05, 3.63) is 52.0 Å². The Morgan fingerprint density at radius 3 is 2.78 bits per heavy atom. The molecule has 18 heavy (non-hydrogen) atoms. The van der Waals surface area contributed by atoms with Crippen LogP contribution in [0.4, 0.5) is 10.1 Å². The van der Waals surface area contributed by atoms with Crippen LogP contribution in [0.5, 0.6) is 0 Å². The quantitative estimate of drug-likeness (QED) is 0.850. The van der Waals surface area contributed by atoms with Crippen LogP contribution in [0, 0.1) is 5.82 Å². The molecule has 1 aromatic carbocycles. The van der Waals surface area contributed by atoms with Gasteiger partial charge in [0.1, 0.15) is 10.8 Å². The molecule has 0 aliphatic carbocycles. The van der Waals surface area contributed by atoms with Gasteiger partial charge in [0.15, 0.2) is 0 Å². The Hall–Kier alpha value is -1.79. The van der Waals surface area contributed by atoms with Crippen molar-refractivity contribution in [2.24, 2.45) is 5.73 Å². The van der Waals surface area contributed by atoms with E-state index in [-0.39, 0.29) is 10.9 Å². The molecule has 3 N–H and O–H groups in total. The van der Waals surface area contributed by atoms with Gasteiger partial charge in [-0.05, 0) is 29.6 Å². The number of nitrogens with two attached hydrogens (primary N) is 1. The van der Waals surface area contributed by atoms with E-state index >= 15 is 0 Å². The highest BCUT2D eigenvalue weighted by molar-refractivity contribution is 7.80. The third kappa shape index (κ3) is 2.72. The molecular formula is C12H9FN2OS2. The third-order valence-electron chi connectivity index (χ3n) is 2.24. The lowest BCUT2D eigenvalue weighted by molar-refractivity contribution is 0.103. The zero-order chi connectivity index (χ0) is 13.1. The maximum Gasteiger partial charge on any atom is 0.265 e. The van der Waals surface area contributed by atoms with E-state index in [1.54, 1.807) is 17.5 Å². The van der Waals surface area contributed by atoms with Crippen LogP contribution in [0.3, 0.4) is 0 Å². The van der Waals surface area contributed by atoms with E-state index in [0.717, 1.165) is 0 Å². The lowest BCUT2D eigenvalue weighted by Gasteiger charge is -2.09. The molecule has 0 atom stereocenters. The minimum absolute atomic E-state index is 0.0379. The minimum Gasteiger partial charge on any atom is -0.389 e. The van der Waals surface area contributed by atoms with Gasteiger partial charge in [-0.3, -0.25) is 4.79 Å². The summed E-state index contributed by atoms with van der Waals surface area (Å²) in [5.74, 6) is -0.721. The van der Waals surface area contributed by atoms with Gasteiger partial charge in [-0.25, -0.2) is 4.39 Å². The largest absolute Gasteiger partial charge is 0.389 e. The zero-order valence-corrected chi connectivity index (χ0v) is 10.8. The number of nitrogens with one attached hydrogen (secondary N) is 1. The first-order valence-electron chi connectivity index (χ1n) is 5.02. The predicted octanol–water partition coefficient (Wildman–Crippen LogP) is 2.77. The maximum atomic E-state index is 13.1. The summed E-state index contributed by atoms with van der Waals surface area (Å²) in [6.45, 7) is 0. The van der Waals surface area contributed by atoms with Crippen LogP contribution in [-0.2, 0) is 0 Å². The normalized spacial score (nSPS) is 10.1. The number of halogens is 1. The van der Waals surface area contributed by atoms with E-state index < -0.39 is 5.82 Å². The van der Waals surface area contributed by atoms with Crippen molar-refractivity contribution in [1.29, 1.82) is 0 Å². The van der Waals surface area contributed by atoms with Gasteiger partial charge in [-0.15, -0.1) is 11.3 Å². The SMILES string of the molecule is NC(=S)c1cc(F)ccc1NC(=O)c1cccs1. The standard InChI is InChI=1S/C12H9FN2OS2/c13-7-3-4-9(8(6-7)11(14)17)15-12(16)10-2-1-5-18-10/h1-6H,(H2,14,17)(H,15,16). The Morgan fingerprint density at radius 1 is 1.39 bits per heavy atom. The van der Waals surface area contributed by atoms with Gasteiger partial charge in [-0.2, -0.15) is 0 Å². The van der Waals surface area contributed by atoms with Crippen molar-refractivity contribution in [3.63, 3.8) is 0 Å². The summed E-state index contributed by atoms with van der Waals surface area (Å²) >= 11 is 6.14. The monoisotopic (exact) mass is 280 g/mol. The molecular weight excluding hydrogens is 271 g/mol. The number of rotatable bonds is 3. The topological polar surface area (TPSA) is 55.1 Å². The average molecular weight is 280 g/mol. The molecule has 0 saturated carbocycles. The Morgan fingerprint density at radius 2 is 2.17 bits per heavy atom. The van der Waals surface area contributed by atoms with E-state index in [4.69, 9.17) is 18.0 Å². The first-order chi connectivity index (χ1) is 8.58. The zero-order valence-electron chi connectivity index (χ0n) is 9.14. The lowest BCUT2D eigenvalue weighted by Crippen LogP contribution is -2.17. The van der Waals surface area contributed by atoms with E-state index in [0.29, 0.717) is 16.1 Å². The lowest BCUT2D eigenvalue weighted by atomic mass is 10.1. The summed E-state index contributed by atoms with van der Waals surface area (Å²) in [5, 5.41) is 4.46. The first-order valence-corrected chi connectivity index (χ1v) is 6.31. The van der Waals surface area contributed by atoms with Gasteiger partial charge in [-0.1, -0.05) is 18.3 Å². The summed E-state index contributed by atoms with van der Waals surface area (Å²) in [6, 6.07) is 7.36. The van der Waals surface area contributed by atoms with Crippen LogP contribution in [0.25, 0.3) is 0 Å². The average Bonchev–Trinajstić information content (AvgIpc) is 2.84. The summed E-state index contributed by atoms with van der Waals surface area (Å²) in [4.78, 5) is 12.5. The number of benzene rings is 1. The molecule has 0 spiro atoms. The van der Waals surface area contributed by atoms with Crippen LogP contribution >= 0.6 is 23.6 Å². The van der Waals surface area contributed by atoms with Crippen LogP contribution in [0.2, 0.25) is 0 Å². The van der Waals surface area contributed by atoms with Gasteiger partial charge in [0.2, 0.25) is 0 Å². The minimum atomic E-state index is -0.452. The Kier molecular flexibility index (Phi) is 3.69. The molecule has 0 aliphatic rings. The van der Waals surface area contributed by atoms with Crippen LogP contribution in [0.15, 0.2) is 35.7 Å². The molecule has 0 saturated heterocycles. The molecule has 0 fully saturated rings. The number of carbonyl (C=O) groups is 1. The second-order valence-corrected chi connectivity index (χ2v) is 4.87. The molecule has 1 aromatic heterocycles. The molecule has 1 heterocycles. The molecule has 0 radical (unpaired) electrons. The van der Waals surface area contributed by atoms with Crippen LogP contribution < -0.4 is 11.1 Å². The van der Waals surface area contributed by atoms with Gasteiger partial charge < -0.3 is 11.1 Å². The summed E-state index contributed by atoms with van der Waals surface area (Å²) < 4.78 is 13.1. The summed E-state index contributed by atoms with van der Waals surface area (Å²) in [7, 11) is 0. The van der Waals surface area contributed by atoms with E-state index in [1.807, 2.05) is 0 Å². The molecule has 6 heteroatoms. The van der Waals surface area contributed by atoms with Crippen molar-refractivity contribution < 1.29 is 9.18 Å². The number of carbonyl (C=O) groups excluding carboxylic acids is 1. The van der Waals surface area contributed by atoms with Gasteiger partial charge in [0, 0.05) is 5.56 Å². The van der Waals surface area contributed by atoms with Crippen molar-refractivity contribution in [2.75, 3.05) is 5.32 Å². The van der Waals surface area contributed by atoms with Crippen molar-refractivity contribution in [3.8, 4) is 0 Å². The molecule has 0 unspecified atom stereocenters. The van der Waals surface area contributed by atoms with Crippen molar-refractivity contribution in [2.45, 2.75) is 0 Å². The number of amides is 1. The van der Waals surface area contributed by atoms with Crippen LogP contribution in [0.1, 0.15) is 15.2 Å². The Labute approximate surface area is 112 Å². The first kappa shape index (κ1) is 12.7. The molecule has 2 aromatic rings. The number of thiocarbonyl (C=S) groups is 1. The molecule has 92 valence electrons. The molecule has 2 rings (SSSR count). The van der Waals surface area contributed by atoms with Crippen LogP contribution in [-0.4, -0.2) is 10.9 Å². The fourth-order valence-electron chi connectivity index (χ4n) is 1.42. The second-order valence-electron chi connectivity index (χ2n) is 3.49. The fourth-order valence-corrected chi connectivity index (χ4v) is 2.21. The van der Waals surface area contributed by atoms with Crippen molar-refractivity contribution >= 4 is 40.1 Å². The van der Waals surface area contributed by atoms with E-state index in [1.165, 1.54) is 29.5 Å². The van der Waals surface area contributed by atoms with Gasteiger partial charge in [0.05, 0.1) is 10.6 Å². The molecule has 1 amide bonds. The molecule has 3 nitrogen and oxygen atoms in total. The highest BCUT2D eigenvalue weighted by Gasteiger charge is 2.12. The Balaban J connectivity index is 2.29. The van der Waals surface area contributed by atoms with Gasteiger partial charge in [0.25, 0.3) is 5.91 Å². The molecule has 0 aliphatic heterocycles. The third-order valence-corrected chi connectivity index (χ3v) is 3.33. The smallest absolute Gasteiger partial charge is 0.265 e. The number of anilines is 1. The number of hydrogen-bond donors (Lipinski definition) is 2. The van der Waals surface area contributed by atoms with E-state index in [9.17, 15) is 9.18 Å². The number of thiophene rings is 1. The number of hydrogen-bond acceptors (Lipinski definition) is 3. The van der Waals surface area contributed by atoms with Crippen molar-refractivity contribution in [1.82, 2.24) is 0 Å².